The van der Waals surface area contributed by atoms with Gasteiger partial charge in [-0.05, 0) is 36.6 Å². The molecule has 1 aliphatic rings. The lowest BCUT2D eigenvalue weighted by Gasteiger charge is -2.29. The third kappa shape index (κ3) is 4.49. The topological polar surface area (TPSA) is 88.1 Å². The van der Waals surface area contributed by atoms with E-state index in [2.05, 4.69) is 20.9 Å². The van der Waals surface area contributed by atoms with Gasteiger partial charge in [-0.2, -0.15) is 0 Å². The van der Waals surface area contributed by atoms with Gasteiger partial charge in [0.15, 0.2) is 5.69 Å². The van der Waals surface area contributed by atoms with Gasteiger partial charge in [-0.25, -0.2) is 9.37 Å². The Kier molecular flexibility index (Phi) is 6.47. The molecule has 1 aromatic carbocycles. The van der Waals surface area contributed by atoms with Gasteiger partial charge >= 0.3 is 0 Å². The van der Waals surface area contributed by atoms with Gasteiger partial charge in [0.1, 0.15) is 17.7 Å². The molecule has 9 heteroatoms. The van der Waals surface area contributed by atoms with Gasteiger partial charge in [-0.1, -0.05) is 32.4 Å². The van der Waals surface area contributed by atoms with E-state index in [4.69, 9.17) is 11.6 Å². The van der Waals surface area contributed by atoms with Crippen LogP contribution in [-0.4, -0.2) is 41.0 Å². The van der Waals surface area contributed by atoms with Crippen molar-refractivity contribution in [2.45, 2.75) is 46.3 Å². The average Bonchev–Trinajstić information content (AvgIpc) is 2.85. The van der Waals surface area contributed by atoms with E-state index in [1.54, 1.807) is 12.1 Å². The molecule has 0 bridgehead atoms. The lowest BCUT2D eigenvalue weighted by atomic mass is 9.86. The maximum atomic E-state index is 14.6. The first-order chi connectivity index (χ1) is 14.1. The number of halogens is 2. The fraction of sp³-hybridized carbons (Fsp3) is 0.476. The Morgan fingerprint density at radius 3 is 2.70 bits per heavy atom. The van der Waals surface area contributed by atoms with E-state index in [9.17, 15) is 14.0 Å². The quantitative estimate of drug-likeness (QED) is 0.689. The third-order valence-electron chi connectivity index (χ3n) is 5.14. The Labute approximate surface area is 180 Å². The highest BCUT2D eigenvalue weighted by molar-refractivity contribution is 6.30. The van der Waals surface area contributed by atoms with Crippen LogP contribution in [0.15, 0.2) is 18.2 Å². The van der Waals surface area contributed by atoms with Crippen molar-refractivity contribution in [3.63, 3.8) is 0 Å². The number of nitrogens with one attached hydrogen (secondary N) is 3. The normalized spacial score (nSPS) is 15.1. The molecule has 30 heavy (non-hydrogen) atoms. The molecular weight excluding hydrogens is 409 g/mol. The minimum atomic E-state index is -0.748. The zero-order valence-electron chi connectivity index (χ0n) is 17.6. The number of imidazole rings is 1. The number of hydrogen-bond donors (Lipinski definition) is 3. The summed E-state index contributed by atoms with van der Waals surface area (Å²) in [6.45, 7) is 7.40. The molecule has 2 aromatic rings. The van der Waals surface area contributed by atoms with Crippen LogP contribution in [0.2, 0.25) is 5.02 Å². The minimum absolute atomic E-state index is 0.187. The summed E-state index contributed by atoms with van der Waals surface area (Å²) in [7, 11) is 1.53. The van der Waals surface area contributed by atoms with E-state index in [0.29, 0.717) is 24.6 Å². The third-order valence-corrected chi connectivity index (χ3v) is 5.37. The van der Waals surface area contributed by atoms with Crippen LogP contribution in [0.1, 0.15) is 43.4 Å². The van der Waals surface area contributed by atoms with Crippen LogP contribution in [0.4, 0.5) is 4.39 Å². The summed E-state index contributed by atoms with van der Waals surface area (Å²) >= 11 is 5.89. The van der Waals surface area contributed by atoms with Crippen LogP contribution in [0, 0.1) is 11.2 Å². The molecule has 3 rings (SSSR count). The van der Waals surface area contributed by atoms with E-state index < -0.39 is 23.2 Å². The number of nitrogens with zero attached hydrogens (tertiary/aromatic N) is 2. The average molecular weight is 436 g/mol. The number of likely N-dealkylation sites (N-methyl/N-ethyl adjacent to an activating group) is 1. The summed E-state index contributed by atoms with van der Waals surface area (Å²) in [5.41, 5.74) is 0.626. The molecular formula is C21H27ClFN5O2. The summed E-state index contributed by atoms with van der Waals surface area (Å²) in [5.74, 6) is -0.882. The van der Waals surface area contributed by atoms with E-state index in [1.165, 1.54) is 13.1 Å². The van der Waals surface area contributed by atoms with Crippen LogP contribution in [-0.2, 0) is 17.9 Å². The van der Waals surface area contributed by atoms with Crippen molar-refractivity contribution in [1.29, 1.82) is 0 Å². The first-order valence-corrected chi connectivity index (χ1v) is 10.3. The summed E-state index contributed by atoms with van der Waals surface area (Å²) in [6, 6.07) is 3.64. The van der Waals surface area contributed by atoms with Crippen molar-refractivity contribution in [2.24, 2.45) is 5.41 Å². The minimum Gasteiger partial charge on any atom is -0.357 e. The summed E-state index contributed by atoms with van der Waals surface area (Å²) < 4.78 is 16.5. The number of benzene rings is 1. The first-order valence-electron chi connectivity index (χ1n) is 9.91. The highest BCUT2D eigenvalue weighted by Gasteiger charge is 2.34. The Bertz CT molecular complexity index is 967. The second-order valence-corrected chi connectivity index (χ2v) is 8.86. The Balaban J connectivity index is 2.05. The lowest BCUT2D eigenvalue weighted by molar-refractivity contribution is -0.124. The number of carbonyl (C=O) groups excluding carboxylic acids is 2. The molecule has 0 radical (unpaired) electrons. The van der Waals surface area contributed by atoms with Crippen molar-refractivity contribution in [2.75, 3.05) is 13.6 Å². The van der Waals surface area contributed by atoms with Crippen molar-refractivity contribution in [3.05, 3.63) is 40.4 Å². The van der Waals surface area contributed by atoms with Crippen molar-refractivity contribution in [3.8, 4) is 11.4 Å². The molecule has 2 amide bonds. The van der Waals surface area contributed by atoms with Gasteiger partial charge in [0.25, 0.3) is 5.91 Å². The smallest absolute Gasteiger partial charge is 0.272 e. The van der Waals surface area contributed by atoms with Crippen LogP contribution in [0.3, 0.4) is 0 Å². The van der Waals surface area contributed by atoms with Gasteiger partial charge in [0.2, 0.25) is 5.91 Å². The van der Waals surface area contributed by atoms with Crippen LogP contribution in [0.5, 0.6) is 0 Å². The van der Waals surface area contributed by atoms with E-state index in [-0.39, 0.29) is 22.2 Å². The molecule has 7 nitrogen and oxygen atoms in total. The Morgan fingerprint density at radius 2 is 2.07 bits per heavy atom. The number of fused-ring (bicyclic) bond motifs is 1. The SMILES string of the molecule is CNC(=O)[C@@H](NC(=O)c1nc(-c2ccc(Cl)cc2F)n2c1CNCCC2)C(C)(C)C. The summed E-state index contributed by atoms with van der Waals surface area (Å²) in [4.78, 5) is 30.0. The fourth-order valence-electron chi connectivity index (χ4n) is 3.55. The number of amides is 2. The Hall–Kier alpha value is -2.45. The summed E-state index contributed by atoms with van der Waals surface area (Å²) in [5, 5.41) is 8.96. The number of hydrogen-bond acceptors (Lipinski definition) is 4. The second-order valence-electron chi connectivity index (χ2n) is 8.42. The number of carbonyl (C=O) groups is 2. The molecule has 0 fully saturated rings. The zero-order valence-corrected chi connectivity index (χ0v) is 18.4. The molecule has 1 aromatic heterocycles. The van der Waals surface area contributed by atoms with E-state index in [1.807, 2.05) is 25.3 Å². The molecule has 2 heterocycles. The molecule has 0 spiro atoms. The van der Waals surface area contributed by atoms with Gasteiger partial charge < -0.3 is 20.5 Å². The lowest BCUT2D eigenvalue weighted by Crippen LogP contribution is -2.53. The van der Waals surface area contributed by atoms with Crippen LogP contribution in [0.25, 0.3) is 11.4 Å². The monoisotopic (exact) mass is 435 g/mol. The zero-order chi connectivity index (χ0) is 22.1. The highest BCUT2D eigenvalue weighted by Crippen LogP contribution is 2.29. The van der Waals surface area contributed by atoms with Crippen molar-refractivity contribution < 1.29 is 14.0 Å². The molecule has 162 valence electrons. The molecule has 1 atom stereocenters. The summed E-state index contributed by atoms with van der Waals surface area (Å²) in [6.07, 6.45) is 0.815. The maximum Gasteiger partial charge on any atom is 0.272 e. The maximum absolute atomic E-state index is 14.6. The van der Waals surface area contributed by atoms with Gasteiger partial charge in [0.05, 0.1) is 11.3 Å². The van der Waals surface area contributed by atoms with Gasteiger partial charge in [-0.15, -0.1) is 0 Å². The predicted octanol–water partition coefficient (Wildman–Crippen LogP) is 2.73. The van der Waals surface area contributed by atoms with Crippen molar-refractivity contribution in [1.82, 2.24) is 25.5 Å². The molecule has 0 unspecified atom stereocenters. The van der Waals surface area contributed by atoms with Gasteiger partial charge in [0, 0.05) is 25.2 Å². The standard InChI is InChI=1S/C21H27ClFN5O2/c1-21(2,3)17(20(30)24-4)27-19(29)16-15-11-25-8-5-9-28(15)18(26-16)13-7-6-12(22)10-14(13)23/h6-7,10,17,25H,5,8-9,11H2,1-4H3,(H,24,30)(H,27,29)/t17-/m1/s1. The van der Waals surface area contributed by atoms with Crippen molar-refractivity contribution >= 4 is 23.4 Å². The molecule has 0 saturated heterocycles. The second kappa shape index (κ2) is 8.73. The number of rotatable bonds is 4. The molecule has 3 N–H and O–H groups in total. The molecule has 0 saturated carbocycles. The fourth-order valence-corrected chi connectivity index (χ4v) is 3.71. The number of aromatic nitrogens is 2. The van der Waals surface area contributed by atoms with Crippen LogP contribution < -0.4 is 16.0 Å². The van der Waals surface area contributed by atoms with E-state index in [0.717, 1.165) is 13.0 Å². The van der Waals surface area contributed by atoms with Gasteiger partial charge in [-0.3, -0.25) is 9.59 Å². The molecule has 1 aliphatic heterocycles. The van der Waals surface area contributed by atoms with E-state index >= 15 is 0 Å². The van der Waals surface area contributed by atoms with Crippen LogP contribution >= 0.6 is 11.6 Å². The molecule has 0 aliphatic carbocycles. The highest BCUT2D eigenvalue weighted by atomic mass is 35.5. The predicted molar refractivity (Wildman–Crippen MR) is 114 cm³/mol. The first kappa shape index (κ1) is 22.2. The largest absolute Gasteiger partial charge is 0.357 e. The Morgan fingerprint density at radius 1 is 1.33 bits per heavy atom.